The SMILES string of the molecule is O=S(=O)(c1ccccc1Cl)N1CCN(Cn2ccc(-c3ccsc3)n2)CC1. The van der Waals surface area contributed by atoms with Crippen LogP contribution in [0.25, 0.3) is 11.3 Å². The molecule has 1 fully saturated rings. The average molecular weight is 423 g/mol. The molecule has 4 rings (SSSR count). The summed E-state index contributed by atoms with van der Waals surface area (Å²) in [6, 6.07) is 10.6. The maximum absolute atomic E-state index is 12.8. The molecule has 6 nitrogen and oxygen atoms in total. The van der Waals surface area contributed by atoms with Gasteiger partial charge in [-0.25, -0.2) is 8.42 Å². The van der Waals surface area contributed by atoms with Crippen molar-refractivity contribution < 1.29 is 8.42 Å². The molecule has 0 spiro atoms. The molecule has 0 N–H and O–H groups in total. The summed E-state index contributed by atoms with van der Waals surface area (Å²) in [5, 5.41) is 8.98. The molecule has 27 heavy (non-hydrogen) atoms. The fraction of sp³-hybridized carbons (Fsp3) is 0.278. The number of piperazine rings is 1. The topological polar surface area (TPSA) is 58.4 Å². The third-order valence-electron chi connectivity index (χ3n) is 4.59. The number of aromatic nitrogens is 2. The number of nitrogens with zero attached hydrogens (tertiary/aromatic N) is 4. The van der Waals surface area contributed by atoms with Crippen LogP contribution in [0.4, 0.5) is 0 Å². The van der Waals surface area contributed by atoms with Crippen LogP contribution in [0.15, 0.2) is 58.3 Å². The molecule has 3 heterocycles. The van der Waals surface area contributed by atoms with Gasteiger partial charge < -0.3 is 0 Å². The van der Waals surface area contributed by atoms with Crippen molar-refractivity contribution in [3.05, 3.63) is 58.4 Å². The van der Waals surface area contributed by atoms with Crippen molar-refractivity contribution in [3.8, 4) is 11.3 Å². The van der Waals surface area contributed by atoms with Crippen LogP contribution < -0.4 is 0 Å². The van der Waals surface area contributed by atoms with Crippen LogP contribution in [0.2, 0.25) is 5.02 Å². The Balaban J connectivity index is 1.39. The van der Waals surface area contributed by atoms with Crippen molar-refractivity contribution >= 4 is 33.0 Å². The molecule has 0 atom stereocenters. The highest BCUT2D eigenvalue weighted by molar-refractivity contribution is 7.89. The fourth-order valence-electron chi connectivity index (χ4n) is 3.11. The molecule has 1 aromatic carbocycles. The minimum Gasteiger partial charge on any atom is -0.282 e. The number of hydrogen-bond acceptors (Lipinski definition) is 5. The van der Waals surface area contributed by atoms with Crippen molar-refractivity contribution in [1.82, 2.24) is 19.0 Å². The monoisotopic (exact) mass is 422 g/mol. The average Bonchev–Trinajstić information content (AvgIpc) is 3.34. The molecular weight excluding hydrogens is 404 g/mol. The minimum atomic E-state index is -3.56. The third kappa shape index (κ3) is 3.95. The van der Waals surface area contributed by atoms with E-state index >= 15 is 0 Å². The Kier molecular flexibility index (Phi) is 5.34. The molecule has 1 saturated heterocycles. The first kappa shape index (κ1) is 18.6. The van der Waals surface area contributed by atoms with Gasteiger partial charge >= 0.3 is 0 Å². The fourth-order valence-corrected chi connectivity index (χ4v) is 5.68. The van der Waals surface area contributed by atoms with Crippen LogP contribution in [0.5, 0.6) is 0 Å². The number of hydrogen-bond donors (Lipinski definition) is 0. The summed E-state index contributed by atoms with van der Waals surface area (Å²) in [5.41, 5.74) is 2.07. The molecular formula is C18H19ClN4O2S2. The van der Waals surface area contributed by atoms with Crippen molar-refractivity contribution in [2.45, 2.75) is 11.6 Å². The van der Waals surface area contributed by atoms with Gasteiger partial charge in [0.25, 0.3) is 0 Å². The highest BCUT2D eigenvalue weighted by Crippen LogP contribution is 2.25. The van der Waals surface area contributed by atoms with E-state index in [1.807, 2.05) is 22.3 Å². The predicted molar refractivity (Wildman–Crippen MR) is 107 cm³/mol. The van der Waals surface area contributed by atoms with Gasteiger partial charge in [-0.3, -0.25) is 9.58 Å². The molecule has 0 aliphatic carbocycles. The van der Waals surface area contributed by atoms with Gasteiger partial charge in [0, 0.05) is 43.3 Å². The maximum atomic E-state index is 12.8. The van der Waals surface area contributed by atoms with E-state index in [1.54, 1.807) is 35.6 Å². The Labute approximate surface area is 167 Å². The lowest BCUT2D eigenvalue weighted by Crippen LogP contribution is -2.48. The van der Waals surface area contributed by atoms with E-state index in [0.717, 1.165) is 11.3 Å². The Bertz CT molecular complexity index is 1010. The highest BCUT2D eigenvalue weighted by atomic mass is 35.5. The van der Waals surface area contributed by atoms with Crippen molar-refractivity contribution in [2.75, 3.05) is 26.2 Å². The molecule has 1 aliphatic heterocycles. The molecule has 142 valence electrons. The molecule has 3 aromatic rings. The summed E-state index contributed by atoms with van der Waals surface area (Å²) >= 11 is 7.73. The molecule has 0 radical (unpaired) electrons. The van der Waals surface area contributed by atoms with E-state index in [0.29, 0.717) is 32.8 Å². The van der Waals surface area contributed by atoms with Crippen LogP contribution in [0.3, 0.4) is 0 Å². The first-order chi connectivity index (χ1) is 13.0. The first-order valence-electron chi connectivity index (χ1n) is 8.57. The van der Waals surface area contributed by atoms with Gasteiger partial charge in [0.1, 0.15) is 4.90 Å². The van der Waals surface area contributed by atoms with Crippen LogP contribution in [-0.2, 0) is 16.7 Å². The van der Waals surface area contributed by atoms with E-state index in [1.165, 1.54) is 4.31 Å². The zero-order valence-electron chi connectivity index (χ0n) is 14.5. The lowest BCUT2D eigenvalue weighted by molar-refractivity contribution is 0.146. The molecule has 2 aromatic heterocycles. The standard InChI is InChI=1S/C18H19ClN4O2S2/c19-16-3-1-2-4-18(16)27(24,25)23-10-8-21(9-11-23)14-22-7-5-17(20-22)15-6-12-26-13-15/h1-7,12-13H,8-11,14H2. The normalized spacial score (nSPS) is 16.6. The molecule has 0 bridgehead atoms. The summed E-state index contributed by atoms with van der Waals surface area (Å²) < 4.78 is 29.0. The Morgan fingerprint density at radius 3 is 2.56 bits per heavy atom. The van der Waals surface area contributed by atoms with Gasteiger partial charge in [0.05, 0.1) is 17.4 Å². The van der Waals surface area contributed by atoms with Crippen LogP contribution in [0.1, 0.15) is 0 Å². The largest absolute Gasteiger partial charge is 0.282 e. The van der Waals surface area contributed by atoms with Crippen LogP contribution in [-0.4, -0.2) is 53.6 Å². The molecule has 9 heteroatoms. The zero-order valence-corrected chi connectivity index (χ0v) is 16.9. The number of thiophene rings is 1. The van der Waals surface area contributed by atoms with Gasteiger partial charge in [-0.1, -0.05) is 23.7 Å². The van der Waals surface area contributed by atoms with E-state index in [-0.39, 0.29) is 9.92 Å². The van der Waals surface area contributed by atoms with Gasteiger partial charge in [-0.05, 0) is 29.6 Å². The second-order valence-electron chi connectivity index (χ2n) is 6.35. The maximum Gasteiger partial charge on any atom is 0.244 e. The summed E-state index contributed by atoms with van der Waals surface area (Å²) in [5.74, 6) is 0. The summed E-state index contributed by atoms with van der Waals surface area (Å²) in [4.78, 5) is 2.37. The van der Waals surface area contributed by atoms with Crippen LogP contribution in [0, 0.1) is 0 Å². The first-order valence-corrected chi connectivity index (χ1v) is 11.3. The number of sulfonamides is 1. The Hall–Kier alpha value is -1.71. The molecule has 1 aliphatic rings. The van der Waals surface area contributed by atoms with Crippen molar-refractivity contribution in [3.63, 3.8) is 0 Å². The third-order valence-corrected chi connectivity index (χ3v) is 7.67. The van der Waals surface area contributed by atoms with Crippen LogP contribution >= 0.6 is 22.9 Å². The quantitative estimate of drug-likeness (QED) is 0.633. The predicted octanol–water partition coefficient (Wildman–Crippen LogP) is 3.23. The minimum absolute atomic E-state index is 0.174. The lowest BCUT2D eigenvalue weighted by atomic mass is 10.2. The second-order valence-corrected chi connectivity index (χ2v) is 9.44. The lowest BCUT2D eigenvalue weighted by Gasteiger charge is -2.33. The van der Waals surface area contributed by atoms with E-state index in [4.69, 9.17) is 11.6 Å². The highest BCUT2D eigenvalue weighted by Gasteiger charge is 2.29. The van der Waals surface area contributed by atoms with E-state index < -0.39 is 10.0 Å². The summed E-state index contributed by atoms with van der Waals surface area (Å²) in [6.07, 6.45) is 1.96. The molecule has 0 unspecified atom stereocenters. The Morgan fingerprint density at radius 1 is 1.07 bits per heavy atom. The molecule has 0 amide bonds. The van der Waals surface area contributed by atoms with Gasteiger partial charge in [-0.2, -0.15) is 20.7 Å². The smallest absolute Gasteiger partial charge is 0.244 e. The Morgan fingerprint density at radius 2 is 1.85 bits per heavy atom. The van der Waals surface area contributed by atoms with Gasteiger partial charge in [0.2, 0.25) is 10.0 Å². The van der Waals surface area contributed by atoms with Gasteiger partial charge in [0.15, 0.2) is 0 Å². The number of benzene rings is 1. The number of rotatable bonds is 5. The summed E-state index contributed by atoms with van der Waals surface area (Å²) in [6.45, 7) is 2.82. The zero-order chi connectivity index (χ0) is 18.9. The summed E-state index contributed by atoms with van der Waals surface area (Å²) in [7, 11) is -3.56. The number of halogens is 1. The van der Waals surface area contributed by atoms with Gasteiger partial charge in [-0.15, -0.1) is 0 Å². The van der Waals surface area contributed by atoms with E-state index in [9.17, 15) is 8.42 Å². The van der Waals surface area contributed by atoms with Crippen molar-refractivity contribution in [1.29, 1.82) is 0 Å². The second kappa shape index (κ2) is 7.73. The molecule has 0 saturated carbocycles. The van der Waals surface area contributed by atoms with Crippen molar-refractivity contribution in [2.24, 2.45) is 0 Å². The van der Waals surface area contributed by atoms with E-state index in [2.05, 4.69) is 21.4 Å².